The minimum Gasteiger partial charge on any atom is -0.476 e. The second-order valence-corrected chi connectivity index (χ2v) is 4.54. The summed E-state index contributed by atoms with van der Waals surface area (Å²) in [5.74, 6) is -1.12. The van der Waals surface area contributed by atoms with Crippen molar-refractivity contribution in [2.45, 2.75) is 10.2 Å². The molecule has 19 heavy (non-hydrogen) atoms. The number of benzene rings is 1. The van der Waals surface area contributed by atoms with E-state index in [-0.39, 0.29) is 10.9 Å². The summed E-state index contributed by atoms with van der Waals surface area (Å²) < 4.78 is 5.09. The molecule has 0 aliphatic carbocycles. The zero-order valence-electron chi connectivity index (χ0n) is 9.48. The van der Waals surface area contributed by atoms with Crippen LogP contribution in [-0.2, 0) is 0 Å². The summed E-state index contributed by atoms with van der Waals surface area (Å²) in [5.41, 5.74) is 0.686. The molecule has 0 bridgehead atoms. The number of hydrogen-bond acceptors (Lipinski definition) is 6. The molecule has 0 aliphatic rings. The molecule has 0 aliphatic heterocycles. The predicted octanol–water partition coefficient (Wildman–Crippen LogP) is 2.47. The van der Waals surface area contributed by atoms with E-state index in [4.69, 9.17) is 9.52 Å². The lowest BCUT2D eigenvalue weighted by atomic mass is 10.2. The summed E-state index contributed by atoms with van der Waals surface area (Å²) in [6, 6.07) is 7.53. The summed E-state index contributed by atoms with van der Waals surface area (Å²) in [5, 5.41) is 10.6. The minimum absolute atomic E-state index is 0.124. The largest absolute Gasteiger partial charge is 0.476 e. The van der Waals surface area contributed by atoms with Crippen molar-refractivity contribution in [3.05, 3.63) is 42.5 Å². The first kappa shape index (κ1) is 11.7. The van der Waals surface area contributed by atoms with Gasteiger partial charge in [0, 0.05) is 5.39 Å². The van der Waals surface area contributed by atoms with Crippen LogP contribution in [0.5, 0.6) is 0 Å². The van der Waals surface area contributed by atoms with Crippen LogP contribution in [0.2, 0.25) is 0 Å². The van der Waals surface area contributed by atoms with Gasteiger partial charge in [-0.1, -0.05) is 18.2 Å². The number of oxazole rings is 1. The fraction of sp³-hybridized carbons (Fsp3) is 0. The molecule has 2 heterocycles. The van der Waals surface area contributed by atoms with Crippen molar-refractivity contribution in [3.8, 4) is 0 Å². The Balaban J connectivity index is 1.98. The molecule has 3 rings (SSSR count). The fourth-order valence-corrected chi connectivity index (χ4v) is 2.33. The molecule has 1 aromatic carbocycles. The molecule has 0 saturated carbocycles. The summed E-state index contributed by atoms with van der Waals surface area (Å²) in [4.78, 5) is 22.9. The van der Waals surface area contributed by atoms with Crippen molar-refractivity contribution in [2.75, 3.05) is 0 Å². The number of rotatable bonds is 3. The second kappa shape index (κ2) is 4.69. The van der Waals surface area contributed by atoms with E-state index in [2.05, 4.69) is 15.0 Å². The Morgan fingerprint density at radius 2 is 2.11 bits per heavy atom. The van der Waals surface area contributed by atoms with Gasteiger partial charge in [0.15, 0.2) is 5.69 Å². The lowest BCUT2D eigenvalue weighted by Crippen LogP contribution is -1.95. The number of nitrogens with zero attached hydrogens (tertiary/aromatic N) is 3. The van der Waals surface area contributed by atoms with Gasteiger partial charge < -0.3 is 9.52 Å². The quantitative estimate of drug-likeness (QED) is 0.733. The maximum Gasteiger partial charge on any atom is 0.357 e. The van der Waals surface area contributed by atoms with Crippen LogP contribution >= 0.6 is 11.8 Å². The maximum absolute atomic E-state index is 10.7. The van der Waals surface area contributed by atoms with Gasteiger partial charge in [-0.15, -0.1) is 0 Å². The lowest BCUT2D eigenvalue weighted by molar-refractivity contribution is 0.0690. The number of carboxylic acid groups (broad SMARTS) is 1. The Labute approximate surface area is 111 Å². The number of carbonyl (C=O) groups is 1. The van der Waals surface area contributed by atoms with Crippen LogP contribution in [0.1, 0.15) is 10.5 Å². The van der Waals surface area contributed by atoms with Crippen molar-refractivity contribution in [2.24, 2.45) is 0 Å². The van der Waals surface area contributed by atoms with Crippen LogP contribution in [0, 0.1) is 0 Å². The van der Waals surface area contributed by atoms with Gasteiger partial charge in [0.1, 0.15) is 17.6 Å². The molecule has 0 fully saturated rings. The molecule has 94 valence electrons. The van der Waals surface area contributed by atoms with Gasteiger partial charge in [0.05, 0.1) is 5.52 Å². The zero-order valence-corrected chi connectivity index (χ0v) is 10.3. The van der Waals surface area contributed by atoms with Gasteiger partial charge in [-0.2, -0.15) is 4.98 Å². The molecule has 3 aromatic rings. The number of carboxylic acids is 1. The predicted molar refractivity (Wildman–Crippen MR) is 67.1 cm³/mol. The molecule has 0 atom stereocenters. The van der Waals surface area contributed by atoms with Gasteiger partial charge in [-0.25, -0.2) is 14.8 Å². The summed E-state index contributed by atoms with van der Waals surface area (Å²) >= 11 is 1.16. The van der Waals surface area contributed by atoms with Gasteiger partial charge >= 0.3 is 5.97 Å². The third-order valence-electron chi connectivity index (χ3n) is 2.39. The number of aromatic carboxylic acids is 1. The van der Waals surface area contributed by atoms with E-state index in [9.17, 15) is 4.79 Å². The molecule has 2 aromatic heterocycles. The average Bonchev–Trinajstić information content (AvgIpc) is 2.88. The Hall–Kier alpha value is -2.41. The van der Waals surface area contributed by atoms with E-state index in [0.717, 1.165) is 28.9 Å². The van der Waals surface area contributed by atoms with E-state index in [1.807, 2.05) is 24.3 Å². The minimum atomic E-state index is -1.12. The Bertz CT molecular complexity index is 751. The molecule has 0 radical (unpaired) electrons. The summed E-state index contributed by atoms with van der Waals surface area (Å²) in [6.07, 6.45) is 2.56. The number of aromatic nitrogens is 3. The molecule has 7 heteroatoms. The summed E-state index contributed by atoms with van der Waals surface area (Å²) in [6.45, 7) is 0. The SMILES string of the molecule is O=C(O)c1coc(Sc2ncnc3ccccc23)n1. The molecule has 6 nitrogen and oxygen atoms in total. The molecule has 0 spiro atoms. The highest BCUT2D eigenvalue weighted by Gasteiger charge is 2.13. The van der Waals surface area contributed by atoms with Crippen molar-refractivity contribution in [3.63, 3.8) is 0 Å². The highest BCUT2D eigenvalue weighted by atomic mass is 32.2. The molecule has 0 saturated heterocycles. The van der Waals surface area contributed by atoms with Gasteiger partial charge in [-0.05, 0) is 17.8 Å². The number of hydrogen-bond donors (Lipinski definition) is 1. The van der Waals surface area contributed by atoms with Crippen LogP contribution in [0.25, 0.3) is 10.9 Å². The molecule has 0 amide bonds. The van der Waals surface area contributed by atoms with Crippen molar-refractivity contribution < 1.29 is 14.3 Å². The summed E-state index contributed by atoms with van der Waals surface area (Å²) in [7, 11) is 0. The van der Waals surface area contributed by atoms with Crippen molar-refractivity contribution in [1.82, 2.24) is 15.0 Å². The normalized spacial score (nSPS) is 10.7. The first-order chi connectivity index (χ1) is 9.24. The van der Waals surface area contributed by atoms with Gasteiger partial charge in [0.2, 0.25) is 0 Å². The van der Waals surface area contributed by atoms with E-state index in [0.29, 0.717) is 5.03 Å². The van der Waals surface area contributed by atoms with Crippen LogP contribution in [-0.4, -0.2) is 26.0 Å². The van der Waals surface area contributed by atoms with Crippen molar-refractivity contribution >= 4 is 28.6 Å². The average molecular weight is 273 g/mol. The Kier molecular flexibility index (Phi) is 2.88. The number of fused-ring (bicyclic) bond motifs is 1. The van der Waals surface area contributed by atoms with Crippen LogP contribution in [0.4, 0.5) is 0 Å². The van der Waals surface area contributed by atoms with E-state index in [1.165, 1.54) is 6.33 Å². The zero-order chi connectivity index (χ0) is 13.2. The van der Waals surface area contributed by atoms with E-state index < -0.39 is 5.97 Å². The van der Waals surface area contributed by atoms with E-state index >= 15 is 0 Å². The first-order valence-electron chi connectivity index (χ1n) is 5.30. The van der Waals surface area contributed by atoms with Crippen LogP contribution in [0.15, 0.2) is 51.5 Å². The van der Waals surface area contributed by atoms with Crippen LogP contribution < -0.4 is 0 Å². The topological polar surface area (TPSA) is 89.1 Å². The monoisotopic (exact) mass is 273 g/mol. The first-order valence-corrected chi connectivity index (χ1v) is 6.12. The van der Waals surface area contributed by atoms with Gasteiger partial charge in [-0.3, -0.25) is 0 Å². The standard InChI is InChI=1S/C12H7N3O3S/c16-11(17)9-5-18-12(15-9)19-10-7-3-1-2-4-8(7)13-6-14-10/h1-6H,(H,16,17). The van der Waals surface area contributed by atoms with E-state index in [1.54, 1.807) is 0 Å². The number of para-hydroxylation sites is 1. The Morgan fingerprint density at radius 3 is 2.89 bits per heavy atom. The van der Waals surface area contributed by atoms with Gasteiger partial charge in [0.25, 0.3) is 5.22 Å². The van der Waals surface area contributed by atoms with Crippen LogP contribution in [0.3, 0.4) is 0 Å². The molecular weight excluding hydrogens is 266 g/mol. The molecule has 0 unspecified atom stereocenters. The smallest absolute Gasteiger partial charge is 0.357 e. The maximum atomic E-state index is 10.7. The third-order valence-corrected chi connectivity index (χ3v) is 3.27. The third kappa shape index (κ3) is 2.27. The molecular formula is C12H7N3O3S. The Morgan fingerprint density at radius 1 is 1.26 bits per heavy atom. The molecule has 1 N–H and O–H groups in total. The highest BCUT2D eigenvalue weighted by molar-refractivity contribution is 7.99. The highest BCUT2D eigenvalue weighted by Crippen LogP contribution is 2.30. The van der Waals surface area contributed by atoms with Crippen molar-refractivity contribution in [1.29, 1.82) is 0 Å². The second-order valence-electron chi connectivity index (χ2n) is 3.60. The fourth-order valence-electron chi connectivity index (χ4n) is 1.55. The lowest BCUT2D eigenvalue weighted by Gasteiger charge is -2.00.